The summed E-state index contributed by atoms with van der Waals surface area (Å²) in [6.45, 7) is -0.462. The van der Waals surface area contributed by atoms with Gasteiger partial charge in [0.1, 0.15) is 13.2 Å². The zero-order chi connectivity index (χ0) is 14.0. The first-order valence-electron chi connectivity index (χ1n) is 5.38. The summed E-state index contributed by atoms with van der Waals surface area (Å²) in [6.07, 6.45) is 0. The van der Waals surface area contributed by atoms with E-state index in [1.165, 1.54) is 18.2 Å². The molecule has 0 aromatic heterocycles. The fourth-order valence-corrected chi connectivity index (χ4v) is 1.98. The molecule has 1 aliphatic heterocycles. The van der Waals surface area contributed by atoms with Gasteiger partial charge in [-0.05, 0) is 18.2 Å². The van der Waals surface area contributed by atoms with E-state index in [1.807, 2.05) is 0 Å². The van der Waals surface area contributed by atoms with Crippen molar-refractivity contribution in [2.45, 2.75) is 0 Å². The van der Waals surface area contributed by atoms with Gasteiger partial charge in [0.2, 0.25) is 5.91 Å². The van der Waals surface area contributed by atoms with Gasteiger partial charge in [0, 0.05) is 5.69 Å². The number of halogens is 2. The number of amides is 1. The minimum absolute atomic E-state index is 0.231. The number of carbonyl (C=O) groups is 3. The number of hydrogen-bond acceptors (Lipinski definition) is 4. The normalized spacial score (nSPS) is 16.5. The largest absolute Gasteiger partial charge is 0.366 e. The molecular formula is C12H9Cl2NO4. The standard InChI is InChI=1S/C12H9Cl2NO4/c13-7-2-1-6(3-8(7)14)15-12(18)11-9(16)4-19-5-10(11)17/h1-3,11H,4-5H2,(H,15,18). The monoisotopic (exact) mass is 301 g/mol. The maximum atomic E-state index is 11.9. The van der Waals surface area contributed by atoms with Gasteiger partial charge >= 0.3 is 0 Å². The first-order chi connectivity index (χ1) is 8.99. The molecule has 0 bridgehead atoms. The summed E-state index contributed by atoms with van der Waals surface area (Å²) in [5.74, 6) is -3.09. The van der Waals surface area contributed by atoms with Crippen LogP contribution in [0, 0.1) is 5.92 Å². The van der Waals surface area contributed by atoms with E-state index in [1.54, 1.807) is 0 Å². The van der Waals surface area contributed by atoms with Crippen molar-refractivity contribution < 1.29 is 19.1 Å². The molecule has 0 radical (unpaired) electrons. The van der Waals surface area contributed by atoms with Gasteiger partial charge in [-0.15, -0.1) is 0 Å². The third-order valence-corrected chi connectivity index (χ3v) is 3.32. The lowest BCUT2D eigenvalue weighted by Crippen LogP contribution is -2.43. The Morgan fingerprint density at radius 3 is 2.37 bits per heavy atom. The molecule has 1 saturated heterocycles. The zero-order valence-corrected chi connectivity index (χ0v) is 11.1. The lowest BCUT2D eigenvalue weighted by atomic mass is 9.96. The van der Waals surface area contributed by atoms with Gasteiger partial charge in [-0.3, -0.25) is 14.4 Å². The van der Waals surface area contributed by atoms with Crippen molar-refractivity contribution in [3.8, 4) is 0 Å². The van der Waals surface area contributed by atoms with Gasteiger partial charge in [0.25, 0.3) is 0 Å². The van der Waals surface area contributed by atoms with Crippen LogP contribution in [-0.2, 0) is 19.1 Å². The summed E-state index contributed by atoms with van der Waals surface area (Å²) in [5.41, 5.74) is 0.367. The fourth-order valence-electron chi connectivity index (χ4n) is 1.68. The van der Waals surface area contributed by atoms with Crippen LogP contribution in [0.25, 0.3) is 0 Å². The van der Waals surface area contributed by atoms with Gasteiger partial charge in [0.15, 0.2) is 17.5 Å². The number of anilines is 1. The topological polar surface area (TPSA) is 72.5 Å². The smallest absolute Gasteiger partial charge is 0.242 e. The Hall–Kier alpha value is -1.43. The quantitative estimate of drug-likeness (QED) is 0.844. The third kappa shape index (κ3) is 3.12. The molecule has 0 unspecified atom stereocenters. The summed E-state index contributed by atoms with van der Waals surface area (Å²) in [7, 11) is 0. The Kier molecular flexibility index (Phi) is 4.19. The maximum absolute atomic E-state index is 11.9. The third-order valence-electron chi connectivity index (χ3n) is 2.58. The van der Waals surface area contributed by atoms with Crippen LogP contribution in [0.2, 0.25) is 10.0 Å². The first kappa shape index (κ1) is 14.0. The highest BCUT2D eigenvalue weighted by Crippen LogP contribution is 2.25. The second kappa shape index (κ2) is 5.69. The van der Waals surface area contributed by atoms with Gasteiger partial charge in [-0.25, -0.2) is 0 Å². The van der Waals surface area contributed by atoms with Crippen LogP contribution < -0.4 is 5.32 Å². The predicted octanol–water partition coefficient (Wildman–Crippen LogP) is 1.72. The number of nitrogens with one attached hydrogen (secondary N) is 1. The van der Waals surface area contributed by atoms with E-state index >= 15 is 0 Å². The van der Waals surface area contributed by atoms with Crippen molar-refractivity contribution in [1.82, 2.24) is 0 Å². The molecule has 7 heteroatoms. The van der Waals surface area contributed by atoms with Gasteiger partial charge in [-0.2, -0.15) is 0 Å². The molecule has 2 rings (SSSR count). The molecule has 19 heavy (non-hydrogen) atoms. The number of hydrogen-bond donors (Lipinski definition) is 1. The van der Waals surface area contributed by atoms with Crippen LogP contribution in [0.3, 0.4) is 0 Å². The predicted molar refractivity (Wildman–Crippen MR) is 69.4 cm³/mol. The number of carbonyl (C=O) groups excluding carboxylic acids is 3. The summed E-state index contributed by atoms with van der Waals surface area (Å²) < 4.78 is 4.74. The Morgan fingerprint density at radius 2 is 1.79 bits per heavy atom. The minimum Gasteiger partial charge on any atom is -0.366 e. The van der Waals surface area contributed by atoms with Crippen molar-refractivity contribution in [3.63, 3.8) is 0 Å². The summed E-state index contributed by atoms with van der Waals surface area (Å²) >= 11 is 11.5. The lowest BCUT2D eigenvalue weighted by molar-refractivity contribution is -0.148. The SMILES string of the molecule is O=C1COCC(=O)C1C(=O)Nc1ccc(Cl)c(Cl)c1. The van der Waals surface area contributed by atoms with Crippen LogP contribution >= 0.6 is 23.2 Å². The van der Waals surface area contributed by atoms with Crippen molar-refractivity contribution in [3.05, 3.63) is 28.2 Å². The zero-order valence-electron chi connectivity index (χ0n) is 9.61. The number of rotatable bonds is 2. The molecule has 0 saturated carbocycles. The molecule has 0 atom stereocenters. The molecule has 0 spiro atoms. The number of ketones is 2. The molecule has 1 amide bonds. The van der Waals surface area contributed by atoms with Crippen LogP contribution in [0.4, 0.5) is 5.69 Å². The molecule has 100 valence electrons. The van der Waals surface area contributed by atoms with Crippen molar-refractivity contribution in [2.75, 3.05) is 18.5 Å². The second-order valence-electron chi connectivity index (χ2n) is 3.98. The number of Topliss-reactive ketones (excluding diaryl/α,β-unsaturated/α-hetero) is 2. The van der Waals surface area contributed by atoms with Crippen molar-refractivity contribution in [1.29, 1.82) is 0 Å². The first-order valence-corrected chi connectivity index (χ1v) is 6.13. The molecule has 1 heterocycles. The van der Waals surface area contributed by atoms with E-state index in [4.69, 9.17) is 27.9 Å². The average Bonchev–Trinajstić information content (AvgIpc) is 2.33. The molecule has 5 nitrogen and oxygen atoms in total. The van der Waals surface area contributed by atoms with Crippen molar-refractivity contribution >= 4 is 46.4 Å². The second-order valence-corrected chi connectivity index (χ2v) is 4.79. The van der Waals surface area contributed by atoms with E-state index < -0.39 is 23.4 Å². The van der Waals surface area contributed by atoms with Crippen molar-refractivity contribution in [2.24, 2.45) is 5.92 Å². The highest BCUT2D eigenvalue weighted by atomic mass is 35.5. The van der Waals surface area contributed by atoms with E-state index in [-0.39, 0.29) is 18.2 Å². The Labute approximate surface area is 118 Å². The highest BCUT2D eigenvalue weighted by Gasteiger charge is 2.36. The number of benzene rings is 1. The lowest BCUT2D eigenvalue weighted by Gasteiger charge is -2.19. The maximum Gasteiger partial charge on any atom is 0.242 e. The molecule has 1 aromatic rings. The van der Waals surface area contributed by atoms with E-state index in [0.29, 0.717) is 10.7 Å². The molecule has 1 aromatic carbocycles. The Bertz CT molecular complexity index is 543. The molecular weight excluding hydrogens is 293 g/mol. The van der Waals surface area contributed by atoms with E-state index in [0.717, 1.165) is 0 Å². The van der Waals surface area contributed by atoms with Gasteiger partial charge in [-0.1, -0.05) is 23.2 Å². The van der Waals surface area contributed by atoms with E-state index in [9.17, 15) is 14.4 Å². The minimum atomic E-state index is -1.32. The summed E-state index contributed by atoms with van der Waals surface area (Å²) in [6, 6.07) is 4.48. The number of ether oxygens (including phenoxy) is 1. The van der Waals surface area contributed by atoms with E-state index in [2.05, 4.69) is 5.32 Å². The van der Waals surface area contributed by atoms with Gasteiger partial charge < -0.3 is 10.1 Å². The molecule has 0 aliphatic carbocycles. The molecule has 1 fully saturated rings. The van der Waals surface area contributed by atoms with Crippen LogP contribution in [0.5, 0.6) is 0 Å². The molecule has 1 aliphatic rings. The summed E-state index contributed by atoms with van der Waals surface area (Å²) in [4.78, 5) is 34.9. The van der Waals surface area contributed by atoms with Crippen LogP contribution in [0.1, 0.15) is 0 Å². The average molecular weight is 302 g/mol. The highest BCUT2D eigenvalue weighted by molar-refractivity contribution is 6.42. The fraction of sp³-hybridized carbons (Fsp3) is 0.250. The Balaban J connectivity index is 2.13. The molecule has 1 N–H and O–H groups in total. The summed E-state index contributed by atoms with van der Waals surface area (Å²) in [5, 5.41) is 3.07. The van der Waals surface area contributed by atoms with Crippen LogP contribution in [0.15, 0.2) is 18.2 Å². The van der Waals surface area contributed by atoms with Gasteiger partial charge in [0.05, 0.1) is 10.0 Å². The Morgan fingerprint density at radius 1 is 1.16 bits per heavy atom. The van der Waals surface area contributed by atoms with Crippen LogP contribution in [-0.4, -0.2) is 30.7 Å².